The van der Waals surface area contributed by atoms with E-state index >= 15 is 0 Å². The number of ether oxygens (including phenoxy) is 3. The molecule has 0 aromatic heterocycles. The minimum absolute atomic E-state index is 0.322. The van der Waals surface area contributed by atoms with Gasteiger partial charge in [0.15, 0.2) is 11.5 Å². The summed E-state index contributed by atoms with van der Waals surface area (Å²) in [4.78, 5) is 0. The number of alkyl halides is 1. The first-order chi connectivity index (χ1) is 10.1. The molecule has 0 amide bonds. The maximum atomic E-state index is 14.2. The number of rotatable bonds is 5. The predicted octanol–water partition coefficient (Wildman–Crippen LogP) is 4.18. The summed E-state index contributed by atoms with van der Waals surface area (Å²) in [5, 5.41) is -0.653. The molecular formula is C16H16ClFO3. The predicted molar refractivity (Wildman–Crippen MR) is 80.2 cm³/mol. The Balaban J connectivity index is 2.44. The molecule has 0 heterocycles. The molecule has 0 saturated carbocycles. The molecular weight excluding hydrogens is 295 g/mol. The second-order valence-electron chi connectivity index (χ2n) is 4.37. The zero-order valence-corrected chi connectivity index (χ0v) is 12.8. The minimum atomic E-state index is -0.653. The van der Waals surface area contributed by atoms with Crippen LogP contribution in [0.4, 0.5) is 4.39 Å². The van der Waals surface area contributed by atoms with Gasteiger partial charge in [-0.25, -0.2) is 4.39 Å². The van der Waals surface area contributed by atoms with Crippen LogP contribution in [0, 0.1) is 5.82 Å². The van der Waals surface area contributed by atoms with E-state index in [4.69, 9.17) is 25.8 Å². The van der Waals surface area contributed by atoms with Crippen molar-refractivity contribution in [3.05, 3.63) is 53.3 Å². The van der Waals surface area contributed by atoms with Crippen LogP contribution in [-0.4, -0.2) is 21.3 Å². The second kappa shape index (κ2) is 6.68. The van der Waals surface area contributed by atoms with E-state index in [0.29, 0.717) is 22.8 Å². The SMILES string of the molecule is COc1cccc(C(Cl)c2cc(OC)c(OC)cc2F)c1. The van der Waals surface area contributed by atoms with Gasteiger partial charge < -0.3 is 14.2 Å². The van der Waals surface area contributed by atoms with E-state index in [0.717, 1.165) is 5.56 Å². The zero-order valence-electron chi connectivity index (χ0n) is 12.0. The summed E-state index contributed by atoms with van der Waals surface area (Å²) in [5.41, 5.74) is 1.06. The molecule has 0 bridgehead atoms. The molecule has 0 saturated heterocycles. The third-order valence-corrected chi connectivity index (χ3v) is 3.65. The first-order valence-corrected chi connectivity index (χ1v) is 6.73. The Hall–Kier alpha value is -1.94. The van der Waals surface area contributed by atoms with Gasteiger partial charge in [-0.1, -0.05) is 12.1 Å². The molecule has 0 N–H and O–H groups in total. The summed E-state index contributed by atoms with van der Waals surface area (Å²) in [5.74, 6) is 0.977. The fraction of sp³-hybridized carbons (Fsp3) is 0.250. The summed E-state index contributed by atoms with van der Waals surface area (Å²) in [7, 11) is 4.52. The standard InChI is InChI=1S/C16H16ClFO3/c1-19-11-6-4-5-10(7-11)16(17)12-8-14(20-2)15(21-3)9-13(12)18/h4-9,16H,1-3H3. The lowest BCUT2D eigenvalue weighted by Gasteiger charge is -2.15. The van der Waals surface area contributed by atoms with E-state index in [-0.39, 0.29) is 0 Å². The first-order valence-electron chi connectivity index (χ1n) is 6.30. The van der Waals surface area contributed by atoms with Crippen molar-refractivity contribution in [2.45, 2.75) is 5.38 Å². The maximum Gasteiger partial charge on any atom is 0.163 e. The van der Waals surface area contributed by atoms with Gasteiger partial charge >= 0.3 is 0 Å². The molecule has 21 heavy (non-hydrogen) atoms. The lowest BCUT2D eigenvalue weighted by molar-refractivity contribution is 0.351. The highest BCUT2D eigenvalue weighted by Crippen LogP contribution is 2.38. The van der Waals surface area contributed by atoms with Gasteiger partial charge in [0.2, 0.25) is 0 Å². The largest absolute Gasteiger partial charge is 0.497 e. The first kappa shape index (κ1) is 15.4. The summed E-state index contributed by atoms with van der Waals surface area (Å²) in [6.07, 6.45) is 0. The van der Waals surface area contributed by atoms with Crippen molar-refractivity contribution >= 4 is 11.6 Å². The normalized spacial score (nSPS) is 11.9. The lowest BCUT2D eigenvalue weighted by atomic mass is 10.0. The van der Waals surface area contributed by atoms with Crippen LogP contribution < -0.4 is 14.2 Å². The summed E-state index contributed by atoms with van der Waals surface area (Å²) < 4.78 is 29.6. The second-order valence-corrected chi connectivity index (χ2v) is 4.80. The van der Waals surface area contributed by atoms with Crippen LogP contribution in [0.15, 0.2) is 36.4 Å². The van der Waals surface area contributed by atoms with Gasteiger partial charge in [0.1, 0.15) is 11.6 Å². The molecule has 0 aliphatic rings. The Labute approximate surface area is 128 Å². The highest BCUT2D eigenvalue weighted by Gasteiger charge is 2.19. The average Bonchev–Trinajstić information content (AvgIpc) is 2.53. The lowest BCUT2D eigenvalue weighted by Crippen LogP contribution is -2.00. The zero-order chi connectivity index (χ0) is 15.4. The van der Waals surface area contributed by atoms with Crippen molar-refractivity contribution in [1.29, 1.82) is 0 Å². The van der Waals surface area contributed by atoms with Crippen LogP contribution >= 0.6 is 11.6 Å². The number of hydrogen-bond donors (Lipinski definition) is 0. The van der Waals surface area contributed by atoms with Crippen molar-refractivity contribution < 1.29 is 18.6 Å². The van der Waals surface area contributed by atoms with Gasteiger partial charge in [-0.2, -0.15) is 0 Å². The Morgan fingerprint density at radius 3 is 2.24 bits per heavy atom. The van der Waals surface area contributed by atoms with E-state index in [2.05, 4.69) is 0 Å². The maximum absolute atomic E-state index is 14.2. The number of methoxy groups -OCH3 is 3. The monoisotopic (exact) mass is 310 g/mol. The number of halogens is 2. The third kappa shape index (κ3) is 3.22. The van der Waals surface area contributed by atoms with Crippen molar-refractivity contribution in [3.63, 3.8) is 0 Å². The van der Waals surface area contributed by atoms with Crippen LogP contribution in [0.25, 0.3) is 0 Å². The molecule has 2 aromatic rings. The molecule has 1 unspecified atom stereocenters. The Kier molecular flexibility index (Phi) is 4.91. The molecule has 1 atom stereocenters. The Morgan fingerprint density at radius 2 is 1.62 bits per heavy atom. The third-order valence-electron chi connectivity index (χ3n) is 3.16. The van der Waals surface area contributed by atoms with E-state index in [1.165, 1.54) is 20.3 Å². The Bertz CT molecular complexity index is 631. The van der Waals surface area contributed by atoms with Crippen LogP contribution in [0.1, 0.15) is 16.5 Å². The van der Waals surface area contributed by atoms with Gasteiger partial charge in [0.05, 0.1) is 26.7 Å². The van der Waals surface area contributed by atoms with Gasteiger partial charge in [-0.3, -0.25) is 0 Å². The van der Waals surface area contributed by atoms with Crippen molar-refractivity contribution in [3.8, 4) is 17.2 Å². The fourth-order valence-corrected chi connectivity index (χ4v) is 2.35. The molecule has 0 aliphatic carbocycles. The smallest absolute Gasteiger partial charge is 0.163 e. The van der Waals surface area contributed by atoms with E-state index in [1.54, 1.807) is 25.3 Å². The molecule has 2 aromatic carbocycles. The molecule has 5 heteroatoms. The average molecular weight is 311 g/mol. The van der Waals surface area contributed by atoms with Gasteiger partial charge in [0, 0.05) is 11.6 Å². The van der Waals surface area contributed by atoms with Gasteiger partial charge in [-0.15, -0.1) is 11.6 Å². The molecule has 0 spiro atoms. The van der Waals surface area contributed by atoms with Crippen LogP contribution in [0.3, 0.4) is 0 Å². The number of hydrogen-bond acceptors (Lipinski definition) is 3. The van der Waals surface area contributed by atoms with Crippen molar-refractivity contribution in [2.75, 3.05) is 21.3 Å². The van der Waals surface area contributed by atoms with Crippen LogP contribution in [-0.2, 0) is 0 Å². The van der Waals surface area contributed by atoms with Gasteiger partial charge in [-0.05, 0) is 23.8 Å². The quantitative estimate of drug-likeness (QED) is 0.775. The van der Waals surface area contributed by atoms with Gasteiger partial charge in [0.25, 0.3) is 0 Å². The molecule has 0 aliphatic heterocycles. The van der Waals surface area contributed by atoms with E-state index in [1.807, 2.05) is 12.1 Å². The molecule has 0 radical (unpaired) electrons. The topological polar surface area (TPSA) is 27.7 Å². The summed E-state index contributed by atoms with van der Waals surface area (Å²) in [6, 6.07) is 10.0. The van der Waals surface area contributed by atoms with Crippen molar-refractivity contribution in [1.82, 2.24) is 0 Å². The van der Waals surface area contributed by atoms with Crippen molar-refractivity contribution in [2.24, 2.45) is 0 Å². The summed E-state index contributed by atoms with van der Waals surface area (Å²) in [6.45, 7) is 0. The highest BCUT2D eigenvalue weighted by molar-refractivity contribution is 6.22. The molecule has 2 rings (SSSR count). The molecule has 112 valence electrons. The summed E-state index contributed by atoms with van der Waals surface area (Å²) >= 11 is 6.40. The Morgan fingerprint density at radius 1 is 0.952 bits per heavy atom. The molecule has 3 nitrogen and oxygen atoms in total. The fourth-order valence-electron chi connectivity index (χ4n) is 2.04. The number of benzene rings is 2. The highest BCUT2D eigenvalue weighted by atomic mass is 35.5. The minimum Gasteiger partial charge on any atom is -0.497 e. The molecule has 0 fully saturated rings. The van der Waals surface area contributed by atoms with Crippen LogP contribution in [0.2, 0.25) is 0 Å². The van der Waals surface area contributed by atoms with E-state index < -0.39 is 11.2 Å². The van der Waals surface area contributed by atoms with Crippen LogP contribution in [0.5, 0.6) is 17.2 Å². The van der Waals surface area contributed by atoms with E-state index in [9.17, 15) is 4.39 Å².